The molecule has 0 N–H and O–H groups in total. The summed E-state index contributed by atoms with van der Waals surface area (Å²) >= 11 is 0. The molecule has 4 rings (SSSR count). The van der Waals surface area contributed by atoms with E-state index in [1.54, 1.807) is 30.3 Å². The standard InChI is InChI=1S/C29H23F7N2O2/c30-24-9-6-19(7-10-24)8-11-26(39)37-12-13-38(25(18-37)14-20-4-2-1-3-5-20)27(40)21-15-22(28(31,32)33)17-23(16-21)29(34,35)36/h1-11,15-17,25H,12-14,18H2/t25-/m1/s1. The van der Waals surface area contributed by atoms with Crippen LogP contribution in [0.1, 0.15) is 32.6 Å². The van der Waals surface area contributed by atoms with E-state index in [-0.39, 0.29) is 32.1 Å². The van der Waals surface area contributed by atoms with Crippen molar-refractivity contribution in [2.45, 2.75) is 24.8 Å². The zero-order chi connectivity index (χ0) is 29.1. The third kappa shape index (κ3) is 7.08. The number of hydrogen-bond donors (Lipinski definition) is 0. The molecule has 1 heterocycles. The summed E-state index contributed by atoms with van der Waals surface area (Å²) in [5.74, 6) is -1.84. The quantitative estimate of drug-likeness (QED) is 0.263. The van der Waals surface area contributed by atoms with Gasteiger partial charge >= 0.3 is 12.4 Å². The Morgan fingerprint density at radius 2 is 1.43 bits per heavy atom. The lowest BCUT2D eigenvalue weighted by atomic mass is 9.99. The molecule has 0 aromatic heterocycles. The van der Waals surface area contributed by atoms with Crippen molar-refractivity contribution in [2.75, 3.05) is 19.6 Å². The van der Waals surface area contributed by atoms with Crippen LogP contribution in [-0.2, 0) is 23.6 Å². The fourth-order valence-corrected chi connectivity index (χ4v) is 4.47. The second kappa shape index (κ2) is 11.5. The maximum atomic E-state index is 13.4. The summed E-state index contributed by atoms with van der Waals surface area (Å²) in [5, 5.41) is 0. The van der Waals surface area contributed by atoms with Gasteiger partial charge in [-0.05, 0) is 54.0 Å². The highest BCUT2D eigenvalue weighted by atomic mass is 19.4. The number of carbonyl (C=O) groups excluding carboxylic acids is 2. The van der Waals surface area contributed by atoms with Crippen molar-refractivity contribution < 1.29 is 40.3 Å². The Balaban J connectivity index is 1.62. The van der Waals surface area contributed by atoms with Gasteiger partial charge in [-0.25, -0.2) is 4.39 Å². The summed E-state index contributed by atoms with van der Waals surface area (Å²) in [7, 11) is 0. The Hall–Kier alpha value is -4.15. The SMILES string of the molecule is O=C(C=Cc1ccc(F)cc1)N1CCN(C(=O)c2cc(C(F)(F)F)cc(C(F)(F)F)c2)[C@H](Cc2ccccc2)C1. The van der Waals surface area contributed by atoms with Gasteiger partial charge in [0.2, 0.25) is 5.91 Å². The summed E-state index contributed by atoms with van der Waals surface area (Å²) in [4.78, 5) is 29.0. The van der Waals surface area contributed by atoms with Gasteiger partial charge in [0.25, 0.3) is 5.91 Å². The number of halogens is 7. The van der Waals surface area contributed by atoms with Crippen LogP contribution in [0.5, 0.6) is 0 Å². The highest BCUT2D eigenvalue weighted by Gasteiger charge is 2.39. The molecule has 0 spiro atoms. The Morgan fingerprint density at radius 3 is 2.00 bits per heavy atom. The van der Waals surface area contributed by atoms with Crippen LogP contribution in [-0.4, -0.2) is 47.3 Å². The molecule has 3 aromatic carbocycles. The van der Waals surface area contributed by atoms with Crippen LogP contribution < -0.4 is 0 Å². The van der Waals surface area contributed by atoms with Crippen molar-refractivity contribution >= 4 is 17.9 Å². The molecule has 4 nitrogen and oxygen atoms in total. The van der Waals surface area contributed by atoms with Gasteiger partial charge in [-0.3, -0.25) is 9.59 Å². The zero-order valence-electron chi connectivity index (χ0n) is 20.8. The van der Waals surface area contributed by atoms with Crippen molar-refractivity contribution in [3.63, 3.8) is 0 Å². The third-order valence-electron chi connectivity index (χ3n) is 6.49. The number of nitrogens with zero attached hydrogens (tertiary/aromatic N) is 2. The molecule has 0 saturated carbocycles. The van der Waals surface area contributed by atoms with E-state index in [1.165, 1.54) is 46.2 Å². The summed E-state index contributed by atoms with van der Waals surface area (Å²) < 4.78 is 93.5. The lowest BCUT2D eigenvalue weighted by Crippen LogP contribution is -2.57. The molecule has 1 aliphatic rings. The number of hydrogen-bond acceptors (Lipinski definition) is 2. The van der Waals surface area contributed by atoms with Crippen molar-refractivity contribution in [3.8, 4) is 0 Å². The smallest absolute Gasteiger partial charge is 0.335 e. The van der Waals surface area contributed by atoms with Gasteiger partial charge in [0.1, 0.15) is 5.82 Å². The molecule has 1 saturated heterocycles. The van der Waals surface area contributed by atoms with Gasteiger partial charge < -0.3 is 9.80 Å². The molecule has 0 aliphatic carbocycles. The van der Waals surface area contributed by atoms with Crippen LogP contribution >= 0.6 is 0 Å². The first-order valence-electron chi connectivity index (χ1n) is 12.2. The minimum absolute atomic E-state index is 0.00167. The van der Waals surface area contributed by atoms with E-state index in [0.717, 1.165) is 5.56 Å². The van der Waals surface area contributed by atoms with Crippen molar-refractivity contribution in [2.24, 2.45) is 0 Å². The van der Waals surface area contributed by atoms with E-state index in [0.29, 0.717) is 17.7 Å². The summed E-state index contributed by atoms with van der Waals surface area (Å²) in [6.07, 6.45) is -7.20. The fourth-order valence-electron chi connectivity index (χ4n) is 4.47. The molecule has 1 atom stereocenters. The second-order valence-electron chi connectivity index (χ2n) is 9.31. The van der Waals surface area contributed by atoms with Gasteiger partial charge in [0.15, 0.2) is 0 Å². The summed E-state index contributed by atoms with van der Waals surface area (Å²) in [5.41, 5.74) is -2.55. The van der Waals surface area contributed by atoms with Crippen molar-refractivity contribution in [3.05, 3.63) is 113 Å². The minimum Gasteiger partial charge on any atom is -0.335 e. The van der Waals surface area contributed by atoms with E-state index >= 15 is 0 Å². The molecule has 0 unspecified atom stereocenters. The van der Waals surface area contributed by atoms with Gasteiger partial charge in [-0.1, -0.05) is 42.5 Å². The first-order chi connectivity index (χ1) is 18.8. The van der Waals surface area contributed by atoms with Crippen LogP contribution in [0.3, 0.4) is 0 Å². The Labute approximate surface area is 225 Å². The summed E-state index contributed by atoms with van der Waals surface area (Å²) in [6.45, 7) is -0.100. The molecule has 0 radical (unpaired) electrons. The number of rotatable bonds is 5. The van der Waals surface area contributed by atoms with E-state index in [4.69, 9.17) is 0 Å². The largest absolute Gasteiger partial charge is 0.416 e. The Kier molecular flexibility index (Phi) is 8.32. The van der Waals surface area contributed by atoms with Crippen LogP contribution in [0.2, 0.25) is 0 Å². The Bertz CT molecular complexity index is 1350. The Morgan fingerprint density at radius 1 is 0.825 bits per heavy atom. The lowest BCUT2D eigenvalue weighted by molar-refractivity contribution is -0.143. The lowest BCUT2D eigenvalue weighted by Gasteiger charge is -2.41. The highest BCUT2D eigenvalue weighted by Crippen LogP contribution is 2.37. The topological polar surface area (TPSA) is 40.6 Å². The van der Waals surface area contributed by atoms with E-state index < -0.39 is 52.7 Å². The fraction of sp³-hybridized carbons (Fsp3) is 0.241. The molecule has 210 valence electrons. The number of amides is 2. The predicted octanol–water partition coefficient (Wildman–Crippen LogP) is 6.47. The number of piperazine rings is 1. The van der Waals surface area contributed by atoms with Gasteiger partial charge in [0, 0.05) is 31.3 Å². The molecule has 40 heavy (non-hydrogen) atoms. The average Bonchev–Trinajstić information content (AvgIpc) is 2.91. The number of carbonyl (C=O) groups is 2. The third-order valence-corrected chi connectivity index (χ3v) is 6.49. The van der Waals surface area contributed by atoms with Crippen molar-refractivity contribution in [1.29, 1.82) is 0 Å². The number of benzene rings is 3. The predicted molar refractivity (Wildman–Crippen MR) is 133 cm³/mol. The highest BCUT2D eigenvalue weighted by molar-refractivity contribution is 5.96. The molecule has 0 bridgehead atoms. The van der Waals surface area contributed by atoms with E-state index in [2.05, 4.69) is 0 Å². The van der Waals surface area contributed by atoms with E-state index in [9.17, 15) is 40.3 Å². The van der Waals surface area contributed by atoms with Crippen LogP contribution in [0.15, 0.2) is 78.9 Å². The van der Waals surface area contributed by atoms with Crippen molar-refractivity contribution in [1.82, 2.24) is 9.80 Å². The normalized spacial score (nSPS) is 16.4. The molecule has 1 fully saturated rings. The monoisotopic (exact) mass is 564 g/mol. The van der Waals surface area contributed by atoms with Crippen LogP contribution in [0.4, 0.5) is 30.7 Å². The maximum Gasteiger partial charge on any atom is 0.416 e. The maximum absolute atomic E-state index is 13.4. The summed E-state index contributed by atoms with van der Waals surface area (Å²) in [6, 6.07) is 14.3. The molecular formula is C29H23F7N2O2. The van der Waals surface area contributed by atoms with Gasteiger partial charge in [-0.15, -0.1) is 0 Å². The first kappa shape index (κ1) is 28.8. The molecule has 11 heteroatoms. The first-order valence-corrected chi connectivity index (χ1v) is 12.2. The minimum atomic E-state index is -5.10. The van der Waals surface area contributed by atoms with E-state index in [1.807, 2.05) is 0 Å². The number of alkyl halides is 6. The average molecular weight is 565 g/mol. The van der Waals surface area contributed by atoms with Crippen LogP contribution in [0.25, 0.3) is 6.08 Å². The molecule has 3 aromatic rings. The van der Waals surface area contributed by atoms with Gasteiger partial charge in [-0.2, -0.15) is 26.3 Å². The zero-order valence-corrected chi connectivity index (χ0v) is 20.8. The van der Waals surface area contributed by atoms with Crippen LogP contribution in [0, 0.1) is 5.82 Å². The second-order valence-corrected chi connectivity index (χ2v) is 9.31. The molecule has 2 amide bonds. The molecule has 1 aliphatic heterocycles. The van der Waals surface area contributed by atoms with Gasteiger partial charge in [0.05, 0.1) is 17.2 Å². The molecular weight excluding hydrogens is 541 g/mol.